The molecule has 24 heavy (non-hydrogen) atoms. The van der Waals surface area contributed by atoms with Crippen LogP contribution in [-0.4, -0.2) is 0 Å². The van der Waals surface area contributed by atoms with Crippen molar-refractivity contribution in [2.75, 3.05) is 0 Å². The number of ether oxygens (including phenoxy) is 1. The first kappa shape index (κ1) is 16.3. The van der Waals surface area contributed by atoms with Gasteiger partial charge in [0.05, 0.1) is 0 Å². The fourth-order valence-electron chi connectivity index (χ4n) is 2.89. The molecule has 3 aromatic rings. The molecule has 0 fully saturated rings. The van der Waals surface area contributed by atoms with Crippen molar-refractivity contribution >= 4 is 11.0 Å². The Morgan fingerprint density at radius 2 is 1.67 bits per heavy atom. The third-order valence-electron chi connectivity index (χ3n) is 4.71. The zero-order valence-electron chi connectivity index (χ0n) is 14.8. The number of rotatable bonds is 3. The minimum atomic E-state index is -0.283. The highest BCUT2D eigenvalue weighted by Gasteiger charge is 2.13. The first-order valence-electron chi connectivity index (χ1n) is 8.11. The van der Waals surface area contributed by atoms with Crippen molar-refractivity contribution in [2.24, 2.45) is 0 Å². The molecular formula is C21H22O3. The third-order valence-corrected chi connectivity index (χ3v) is 4.71. The lowest BCUT2D eigenvalue weighted by Crippen LogP contribution is -2.07. The Balaban J connectivity index is 1.99. The molecule has 0 aliphatic carbocycles. The Labute approximate surface area is 141 Å². The van der Waals surface area contributed by atoms with E-state index in [9.17, 15) is 4.79 Å². The van der Waals surface area contributed by atoms with Gasteiger partial charge in [-0.1, -0.05) is 23.8 Å². The van der Waals surface area contributed by atoms with Gasteiger partial charge in [0, 0.05) is 16.5 Å². The average molecular weight is 322 g/mol. The molecule has 0 aliphatic rings. The van der Waals surface area contributed by atoms with Crippen LogP contribution in [-0.2, 0) is 6.61 Å². The van der Waals surface area contributed by atoms with Crippen LogP contribution in [0.3, 0.4) is 0 Å². The summed E-state index contributed by atoms with van der Waals surface area (Å²) >= 11 is 0. The first-order chi connectivity index (χ1) is 11.4. The molecule has 3 nitrogen and oxygen atoms in total. The monoisotopic (exact) mass is 322 g/mol. The average Bonchev–Trinajstić information content (AvgIpc) is 2.55. The Morgan fingerprint density at radius 3 is 2.42 bits per heavy atom. The quantitative estimate of drug-likeness (QED) is 0.643. The summed E-state index contributed by atoms with van der Waals surface area (Å²) in [5, 5.41) is 0.962. The van der Waals surface area contributed by atoms with Gasteiger partial charge < -0.3 is 9.15 Å². The molecule has 124 valence electrons. The van der Waals surface area contributed by atoms with Gasteiger partial charge in [-0.05, 0) is 63.4 Å². The third kappa shape index (κ3) is 2.82. The van der Waals surface area contributed by atoms with Gasteiger partial charge in [-0.25, -0.2) is 4.79 Å². The molecule has 3 heteroatoms. The van der Waals surface area contributed by atoms with Crippen molar-refractivity contribution in [3.8, 4) is 5.75 Å². The molecule has 0 unspecified atom stereocenters. The molecule has 0 spiro atoms. The van der Waals surface area contributed by atoms with Gasteiger partial charge in [0.25, 0.3) is 0 Å². The van der Waals surface area contributed by atoms with E-state index >= 15 is 0 Å². The van der Waals surface area contributed by atoms with Crippen LogP contribution in [0.15, 0.2) is 39.5 Å². The van der Waals surface area contributed by atoms with Crippen LogP contribution >= 0.6 is 0 Å². The van der Waals surface area contributed by atoms with Crippen LogP contribution < -0.4 is 10.4 Å². The maximum absolute atomic E-state index is 12.0. The van der Waals surface area contributed by atoms with Gasteiger partial charge in [0.15, 0.2) is 0 Å². The summed E-state index contributed by atoms with van der Waals surface area (Å²) in [6.07, 6.45) is 0. The van der Waals surface area contributed by atoms with E-state index in [-0.39, 0.29) is 5.63 Å². The summed E-state index contributed by atoms with van der Waals surface area (Å²) in [7, 11) is 0. The van der Waals surface area contributed by atoms with Crippen LogP contribution in [0.5, 0.6) is 5.75 Å². The number of hydrogen-bond donors (Lipinski definition) is 0. The lowest BCUT2D eigenvalue weighted by atomic mass is 10.0. The van der Waals surface area contributed by atoms with Crippen molar-refractivity contribution < 1.29 is 9.15 Å². The van der Waals surface area contributed by atoms with Crippen molar-refractivity contribution in [3.05, 3.63) is 74.1 Å². The van der Waals surface area contributed by atoms with E-state index < -0.39 is 0 Å². The summed E-state index contributed by atoms with van der Waals surface area (Å²) in [5.41, 5.74) is 6.39. The second-order valence-corrected chi connectivity index (χ2v) is 6.42. The molecule has 0 aliphatic heterocycles. The van der Waals surface area contributed by atoms with Crippen molar-refractivity contribution in [1.29, 1.82) is 0 Å². The minimum absolute atomic E-state index is 0.283. The maximum Gasteiger partial charge on any atom is 0.339 e. The van der Waals surface area contributed by atoms with Crippen molar-refractivity contribution in [2.45, 2.75) is 41.2 Å². The Hall–Kier alpha value is -2.55. The van der Waals surface area contributed by atoms with E-state index in [1.54, 1.807) is 6.92 Å². The Bertz CT molecular complexity index is 981. The molecule has 0 radical (unpaired) electrons. The van der Waals surface area contributed by atoms with Gasteiger partial charge in [-0.2, -0.15) is 0 Å². The van der Waals surface area contributed by atoms with E-state index in [0.29, 0.717) is 17.8 Å². The maximum atomic E-state index is 12.0. The highest BCUT2D eigenvalue weighted by Crippen LogP contribution is 2.30. The smallest absolute Gasteiger partial charge is 0.339 e. The Kier molecular flexibility index (Phi) is 4.18. The van der Waals surface area contributed by atoms with Crippen LogP contribution in [0.25, 0.3) is 11.0 Å². The second kappa shape index (κ2) is 6.16. The summed E-state index contributed by atoms with van der Waals surface area (Å²) in [5.74, 6) is 0.745. The number of fused-ring (bicyclic) bond motifs is 1. The molecule has 2 aromatic carbocycles. The van der Waals surface area contributed by atoms with Gasteiger partial charge in [0.1, 0.15) is 17.9 Å². The molecule has 0 saturated carbocycles. The number of aryl methyl sites for hydroxylation is 4. The van der Waals surface area contributed by atoms with E-state index in [2.05, 4.69) is 32.0 Å². The minimum Gasteiger partial charge on any atom is -0.488 e. The van der Waals surface area contributed by atoms with Gasteiger partial charge in [-0.15, -0.1) is 0 Å². The van der Waals surface area contributed by atoms with Gasteiger partial charge in [0.2, 0.25) is 0 Å². The van der Waals surface area contributed by atoms with Crippen LogP contribution in [0.4, 0.5) is 0 Å². The van der Waals surface area contributed by atoms with Crippen LogP contribution in [0.2, 0.25) is 0 Å². The Morgan fingerprint density at radius 1 is 0.917 bits per heavy atom. The van der Waals surface area contributed by atoms with Gasteiger partial charge in [-0.3, -0.25) is 0 Å². The lowest BCUT2D eigenvalue weighted by Gasteiger charge is -2.13. The van der Waals surface area contributed by atoms with Crippen LogP contribution in [0, 0.1) is 34.6 Å². The largest absolute Gasteiger partial charge is 0.488 e. The van der Waals surface area contributed by atoms with E-state index in [4.69, 9.17) is 9.15 Å². The zero-order chi connectivity index (χ0) is 17.4. The highest BCUT2D eigenvalue weighted by atomic mass is 16.5. The summed E-state index contributed by atoms with van der Waals surface area (Å²) < 4.78 is 11.5. The van der Waals surface area contributed by atoms with E-state index in [0.717, 1.165) is 27.8 Å². The predicted octanol–water partition coefficient (Wildman–Crippen LogP) is 4.91. The first-order valence-corrected chi connectivity index (χ1v) is 8.11. The normalized spacial score (nSPS) is 11.0. The molecule has 1 heterocycles. The molecule has 3 rings (SSSR count). The van der Waals surface area contributed by atoms with Crippen LogP contribution in [0.1, 0.15) is 33.4 Å². The lowest BCUT2D eigenvalue weighted by molar-refractivity contribution is 0.303. The summed E-state index contributed by atoms with van der Waals surface area (Å²) in [6, 6.07) is 10.3. The number of hydrogen-bond acceptors (Lipinski definition) is 3. The second-order valence-electron chi connectivity index (χ2n) is 6.42. The summed E-state index contributed by atoms with van der Waals surface area (Å²) in [6.45, 7) is 10.3. The molecular weight excluding hydrogens is 300 g/mol. The molecule has 0 amide bonds. The summed E-state index contributed by atoms with van der Waals surface area (Å²) in [4.78, 5) is 12.0. The SMILES string of the molecule is Cc1ccc(C)c(COc2ccc3c(C)c(C)c(=O)oc3c2C)c1. The number of benzene rings is 2. The molecule has 0 atom stereocenters. The molecule has 0 saturated heterocycles. The standard InChI is InChI=1S/C21H22O3/c1-12-6-7-13(2)17(10-12)11-23-19-9-8-18-14(3)15(4)21(22)24-20(18)16(19)5/h6-10H,11H2,1-5H3. The van der Waals surface area contributed by atoms with E-state index in [1.807, 2.05) is 26.0 Å². The predicted molar refractivity (Wildman–Crippen MR) is 96.9 cm³/mol. The molecule has 0 bridgehead atoms. The topological polar surface area (TPSA) is 39.4 Å². The van der Waals surface area contributed by atoms with E-state index in [1.165, 1.54) is 11.1 Å². The molecule has 1 aromatic heterocycles. The van der Waals surface area contributed by atoms with Crippen molar-refractivity contribution in [1.82, 2.24) is 0 Å². The fraction of sp³-hybridized carbons (Fsp3) is 0.286. The molecule has 0 N–H and O–H groups in total. The fourth-order valence-corrected chi connectivity index (χ4v) is 2.89. The zero-order valence-corrected chi connectivity index (χ0v) is 14.8. The van der Waals surface area contributed by atoms with Gasteiger partial charge >= 0.3 is 5.63 Å². The highest BCUT2D eigenvalue weighted by molar-refractivity contribution is 5.85. The van der Waals surface area contributed by atoms with Crippen molar-refractivity contribution in [3.63, 3.8) is 0 Å².